The van der Waals surface area contributed by atoms with Crippen LogP contribution < -0.4 is 4.90 Å². The van der Waals surface area contributed by atoms with Gasteiger partial charge in [0.15, 0.2) is 0 Å². The number of halogens is 1. The van der Waals surface area contributed by atoms with Crippen molar-refractivity contribution in [2.75, 3.05) is 18.1 Å². The third-order valence-corrected chi connectivity index (χ3v) is 3.22. The summed E-state index contributed by atoms with van der Waals surface area (Å²) in [4.78, 5) is 13.6. The highest BCUT2D eigenvalue weighted by molar-refractivity contribution is 5.81. The third-order valence-electron chi connectivity index (χ3n) is 3.22. The van der Waals surface area contributed by atoms with Crippen molar-refractivity contribution in [1.82, 2.24) is 0 Å². The molecule has 4 nitrogen and oxygen atoms in total. The lowest BCUT2D eigenvalue weighted by molar-refractivity contribution is -0.144. The number of ether oxygens (including phenoxy) is 1. The van der Waals surface area contributed by atoms with Crippen molar-refractivity contribution < 1.29 is 13.9 Å². The van der Waals surface area contributed by atoms with E-state index in [1.54, 1.807) is 24.0 Å². The zero-order valence-corrected chi connectivity index (χ0v) is 10.7. The van der Waals surface area contributed by atoms with E-state index in [1.165, 1.54) is 6.07 Å². The van der Waals surface area contributed by atoms with Gasteiger partial charge in [0.1, 0.15) is 23.5 Å². The number of benzene rings is 1. The largest absolute Gasteiger partial charge is 0.464 e. The Morgan fingerprint density at radius 1 is 1.63 bits per heavy atom. The normalized spacial score (nSPS) is 18.2. The monoisotopic (exact) mass is 262 g/mol. The lowest BCUT2D eigenvalue weighted by Gasteiger charge is -2.26. The van der Waals surface area contributed by atoms with Gasteiger partial charge in [0.2, 0.25) is 0 Å². The van der Waals surface area contributed by atoms with E-state index < -0.39 is 11.9 Å². The molecule has 0 aliphatic carbocycles. The molecule has 1 aromatic carbocycles. The molecule has 1 fully saturated rings. The van der Waals surface area contributed by atoms with Crippen molar-refractivity contribution in [3.05, 3.63) is 29.6 Å². The maximum atomic E-state index is 13.6. The van der Waals surface area contributed by atoms with Crippen LogP contribution in [0.15, 0.2) is 18.2 Å². The van der Waals surface area contributed by atoms with Crippen LogP contribution >= 0.6 is 0 Å². The van der Waals surface area contributed by atoms with E-state index in [0.717, 1.165) is 6.42 Å². The molecule has 0 bridgehead atoms. The van der Waals surface area contributed by atoms with Gasteiger partial charge in [-0.15, -0.1) is 0 Å². The summed E-state index contributed by atoms with van der Waals surface area (Å²) >= 11 is 0. The fraction of sp³-hybridized carbons (Fsp3) is 0.429. The highest BCUT2D eigenvalue weighted by atomic mass is 19.1. The lowest BCUT2D eigenvalue weighted by atomic mass is 10.1. The molecule has 100 valence electrons. The van der Waals surface area contributed by atoms with Gasteiger partial charge >= 0.3 is 5.97 Å². The molecule has 1 unspecified atom stereocenters. The van der Waals surface area contributed by atoms with Crippen LogP contribution in [0.3, 0.4) is 0 Å². The summed E-state index contributed by atoms with van der Waals surface area (Å²) in [7, 11) is 0. The molecular formula is C14H15FN2O2. The van der Waals surface area contributed by atoms with Crippen LogP contribution in [0, 0.1) is 17.1 Å². The Hall–Kier alpha value is -2.09. The molecule has 19 heavy (non-hydrogen) atoms. The lowest BCUT2D eigenvalue weighted by Crippen LogP contribution is -2.37. The minimum absolute atomic E-state index is 0.0151. The highest BCUT2D eigenvalue weighted by Gasteiger charge is 2.33. The van der Waals surface area contributed by atoms with Crippen molar-refractivity contribution in [3.8, 4) is 6.07 Å². The summed E-state index contributed by atoms with van der Waals surface area (Å²) in [6.45, 7) is 2.69. The molecule has 1 aliphatic rings. The van der Waals surface area contributed by atoms with E-state index in [-0.39, 0.29) is 11.5 Å². The van der Waals surface area contributed by atoms with Gasteiger partial charge in [-0.3, -0.25) is 0 Å². The number of anilines is 1. The molecule has 0 N–H and O–H groups in total. The zero-order valence-electron chi connectivity index (χ0n) is 10.7. The van der Waals surface area contributed by atoms with Crippen molar-refractivity contribution >= 4 is 11.7 Å². The van der Waals surface area contributed by atoms with Crippen LogP contribution in [0.25, 0.3) is 0 Å². The Morgan fingerprint density at radius 3 is 3.11 bits per heavy atom. The molecule has 1 heterocycles. The molecule has 1 aliphatic heterocycles. The number of rotatable bonds is 3. The van der Waals surface area contributed by atoms with Crippen LogP contribution in [0.4, 0.5) is 10.1 Å². The second-order valence-electron chi connectivity index (χ2n) is 4.35. The van der Waals surface area contributed by atoms with E-state index in [0.29, 0.717) is 25.3 Å². The van der Waals surface area contributed by atoms with Gasteiger partial charge in [-0.2, -0.15) is 5.26 Å². The van der Waals surface area contributed by atoms with Gasteiger partial charge in [0.25, 0.3) is 0 Å². The summed E-state index contributed by atoms with van der Waals surface area (Å²) in [5.41, 5.74) is 0.455. The number of hydrogen-bond donors (Lipinski definition) is 0. The maximum absolute atomic E-state index is 13.6. The first-order valence-electron chi connectivity index (χ1n) is 6.31. The number of carbonyl (C=O) groups is 1. The molecule has 0 spiro atoms. The number of carbonyl (C=O) groups excluding carboxylic acids is 1. The van der Waals surface area contributed by atoms with Gasteiger partial charge in [-0.05, 0) is 31.9 Å². The number of nitrogens with zero attached hydrogens (tertiary/aromatic N) is 2. The topological polar surface area (TPSA) is 53.3 Å². The van der Waals surface area contributed by atoms with Gasteiger partial charge in [0, 0.05) is 6.54 Å². The van der Waals surface area contributed by atoms with E-state index in [2.05, 4.69) is 0 Å². The summed E-state index contributed by atoms with van der Waals surface area (Å²) in [6, 6.07) is 5.90. The Kier molecular flexibility index (Phi) is 4.00. The quantitative estimate of drug-likeness (QED) is 0.784. The Morgan fingerprint density at radius 2 is 2.42 bits per heavy atom. The van der Waals surface area contributed by atoms with Crippen LogP contribution in [0.2, 0.25) is 0 Å². The van der Waals surface area contributed by atoms with Crippen molar-refractivity contribution in [2.45, 2.75) is 25.8 Å². The molecule has 0 radical (unpaired) electrons. The minimum Gasteiger partial charge on any atom is -0.464 e. The standard InChI is InChI=1S/C14H15FN2O2/c1-2-19-14(18)13-7-4-8-17(13)12-6-3-5-11(15)10(12)9-16/h3,5-6,13H,2,4,7-8H2,1H3. The zero-order chi connectivity index (χ0) is 13.8. The van der Waals surface area contributed by atoms with Crippen molar-refractivity contribution in [3.63, 3.8) is 0 Å². The second kappa shape index (κ2) is 5.70. The summed E-state index contributed by atoms with van der Waals surface area (Å²) in [6.07, 6.45) is 1.49. The van der Waals surface area contributed by atoms with Gasteiger partial charge in [0.05, 0.1) is 12.3 Å². The average Bonchev–Trinajstić information content (AvgIpc) is 2.87. The van der Waals surface area contributed by atoms with Crippen molar-refractivity contribution in [2.24, 2.45) is 0 Å². The SMILES string of the molecule is CCOC(=O)C1CCCN1c1cccc(F)c1C#N. The van der Waals surface area contributed by atoms with Crippen molar-refractivity contribution in [1.29, 1.82) is 5.26 Å². The minimum atomic E-state index is -0.561. The predicted octanol–water partition coefficient (Wildman–Crippen LogP) is 2.23. The van der Waals surface area contributed by atoms with Gasteiger partial charge in [-0.25, -0.2) is 9.18 Å². The van der Waals surface area contributed by atoms with E-state index >= 15 is 0 Å². The molecule has 0 saturated carbocycles. The van der Waals surface area contributed by atoms with Gasteiger partial charge in [-0.1, -0.05) is 6.07 Å². The molecule has 1 atom stereocenters. The van der Waals surface area contributed by atoms with Crippen LogP contribution in [0.1, 0.15) is 25.3 Å². The summed E-state index contributed by atoms with van der Waals surface area (Å²) < 4.78 is 18.6. The number of hydrogen-bond acceptors (Lipinski definition) is 4. The van der Waals surface area contributed by atoms with Crippen LogP contribution in [-0.2, 0) is 9.53 Å². The Labute approximate surface area is 111 Å². The Bertz CT molecular complexity index is 525. The first kappa shape index (κ1) is 13.3. The highest BCUT2D eigenvalue weighted by Crippen LogP contribution is 2.30. The Balaban J connectivity index is 2.33. The molecule has 0 aromatic heterocycles. The fourth-order valence-corrected chi connectivity index (χ4v) is 2.40. The maximum Gasteiger partial charge on any atom is 0.328 e. The van der Waals surface area contributed by atoms with E-state index in [9.17, 15) is 9.18 Å². The van der Waals surface area contributed by atoms with E-state index in [1.807, 2.05) is 6.07 Å². The fourth-order valence-electron chi connectivity index (χ4n) is 2.40. The average molecular weight is 262 g/mol. The smallest absolute Gasteiger partial charge is 0.328 e. The predicted molar refractivity (Wildman–Crippen MR) is 68.1 cm³/mol. The summed E-state index contributed by atoms with van der Waals surface area (Å²) in [5.74, 6) is -0.873. The molecule has 1 saturated heterocycles. The van der Waals surface area contributed by atoms with Gasteiger partial charge < -0.3 is 9.64 Å². The first-order chi connectivity index (χ1) is 9.19. The van der Waals surface area contributed by atoms with Crippen LogP contribution in [0.5, 0.6) is 0 Å². The second-order valence-corrected chi connectivity index (χ2v) is 4.35. The van der Waals surface area contributed by atoms with Crippen LogP contribution in [-0.4, -0.2) is 25.2 Å². The number of esters is 1. The molecule has 1 aromatic rings. The summed E-state index contributed by atoms with van der Waals surface area (Å²) in [5, 5.41) is 9.05. The number of nitriles is 1. The van der Waals surface area contributed by atoms with E-state index in [4.69, 9.17) is 10.00 Å². The molecule has 5 heteroatoms. The molecule has 2 rings (SSSR count). The molecular weight excluding hydrogens is 247 g/mol. The first-order valence-corrected chi connectivity index (χ1v) is 6.31. The third kappa shape index (κ3) is 2.53. The molecule has 0 amide bonds.